The maximum Gasteiger partial charge on any atom is 0.228 e. The van der Waals surface area contributed by atoms with Crippen LogP contribution in [0.1, 0.15) is 11.1 Å². The van der Waals surface area contributed by atoms with Crippen molar-refractivity contribution in [2.24, 2.45) is 0 Å². The SMILES string of the molecule is N#Cc1ccc(CC(=O)Nc2cccc(I)c2)cc1. The lowest BCUT2D eigenvalue weighted by Gasteiger charge is -2.05. The Hall–Kier alpha value is -1.87. The van der Waals surface area contributed by atoms with Crippen LogP contribution in [-0.2, 0) is 11.2 Å². The molecule has 94 valence electrons. The van der Waals surface area contributed by atoms with Crippen molar-refractivity contribution in [2.75, 3.05) is 5.32 Å². The molecule has 1 amide bonds. The summed E-state index contributed by atoms with van der Waals surface area (Å²) in [6, 6.07) is 16.7. The Balaban J connectivity index is 1.99. The van der Waals surface area contributed by atoms with Gasteiger partial charge in [0, 0.05) is 9.26 Å². The van der Waals surface area contributed by atoms with E-state index in [4.69, 9.17) is 5.26 Å². The molecular weight excluding hydrogens is 351 g/mol. The molecule has 0 aromatic heterocycles. The Bertz CT molecular complexity index is 629. The first-order chi connectivity index (χ1) is 9.17. The molecule has 0 aliphatic carbocycles. The number of rotatable bonds is 3. The van der Waals surface area contributed by atoms with E-state index < -0.39 is 0 Å². The van der Waals surface area contributed by atoms with Gasteiger partial charge in [-0.2, -0.15) is 5.26 Å². The quantitative estimate of drug-likeness (QED) is 0.852. The third kappa shape index (κ3) is 4.07. The summed E-state index contributed by atoms with van der Waals surface area (Å²) >= 11 is 2.20. The predicted molar refractivity (Wildman–Crippen MR) is 82.6 cm³/mol. The molecule has 2 aromatic rings. The van der Waals surface area contributed by atoms with Crippen LogP contribution < -0.4 is 5.32 Å². The Morgan fingerprint density at radius 2 is 1.95 bits per heavy atom. The van der Waals surface area contributed by atoms with E-state index in [9.17, 15) is 4.79 Å². The second kappa shape index (κ2) is 6.34. The summed E-state index contributed by atoms with van der Waals surface area (Å²) < 4.78 is 1.08. The number of anilines is 1. The largest absolute Gasteiger partial charge is 0.326 e. The lowest BCUT2D eigenvalue weighted by atomic mass is 10.1. The first-order valence-corrected chi connectivity index (χ1v) is 6.80. The standard InChI is InChI=1S/C15H11IN2O/c16-13-2-1-3-14(9-13)18-15(19)8-11-4-6-12(10-17)7-5-11/h1-7,9H,8H2,(H,18,19). The molecule has 0 radical (unpaired) electrons. The van der Waals surface area contributed by atoms with Crippen molar-refractivity contribution in [3.8, 4) is 6.07 Å². The van der Waals surface area contributed by atoms with Crippen LogP contribution in [0.5, 0.6) is 0 Å². The van der Waals surface area contributed by atoms with Crippen LogP contribution >= 0.6 is 22.6 Å². The summed E-state index contributed by atoms with van der Waals surface area (Å²) in [7, 11) is 0. The van der Waals surface area contributed by atoms with Gasteiger partial charge in [-0.25, -0.2) is 0 Å². The van der Waals surface area contributed by atoms with Gasteiger partial charge in [0.05, 0.1) is 18.1 Å². The Morgan fingerprint density at radius 1 is 1.21 bits per heavy atom. The molecule has 4 heteroatoms. The van der Waals surface area contributed by atoms with Gasteiger partial charge in [0.2, 0.25) is 5.91 Å². The molecule has 0 saturated carbocycles. The average Bonchev–Trinajstić information content (AvgIpc) is 2.39. The highest BCUT2D eigenvalue weighted by molar-refractivity contribution is 14.1. The van der Waals surface area contributed by atoms with Crippen molar-refractivity contribution in [1.29, 1.82) is 5.26 Å². The first kappa shape index (κ1) is 13.6. The van der Waals surface area contributed by atoms with Crippen LogP contribution in [0.4, 0.5) is 5.69 Å². The van der Waals surface area contributed by atoms with Gasteiger partial charge in [0.1, 0.15) is 0 Å². The summed E-state index contributed by atoms with van der Waals surface area (Å²) in [5, 5.41) is 11.6. The molecule has 0 aliphatic heterocycles. The van der Waals surface area contributed by atoms with E-state index in [1.807, 2.05) is 24.3 Å². The first-order valence-electron chi connectivity index (χ1n) is 5.72. The van der Waals surface area contributed by atoms with Gasteiger partial charge in [0.15, 0.2) is 0 Å². The van der Waals surface area contributed by atoms with E-state index >= 15 is 0 Å². The molecule has 0 fully saturated rings. The minimum absolute atomic E-state index is 0.0632. The zero-order valence-electron chi connectivity index (χ0n) is 10.1. The zero-order chi connectivity index (χ0) is 13.7. The summed E-state index contributed by atoms with van der Waals surface area (Å²) in [4.78, 5) is 11.9. The highest BCUT2D eigenvalue weighted by Crippen LogP contribution is 2.13. The molecule has 0 unspecified atom stereocenters. The van der Waals surface area contributed by atoms with Crippen LogP contribution in [0, 0.1) is 14.9 Å². The fourth-order valence-corrected chi connectivity index (χ4v) is 2.20. The van der Waals surface area contributed by atoms with Crippen molar-refractivity contribution in [3.05, 3.63) is 63.2 Å². The lowest BCUT2D eigenvalue weighted by Crippen LogP contribution is -2.14. The second-order valence-electron chi connectivity index (χ2n) is 4.04. The average molecular weight is 362 g/mol. The molecule has 0 spiro atoms. The van der Waals surface area contributed by atoms with Crippen LogP contribution in [-0.4, -0.2) is 5.91 Å². The highest BCUT2D eigenvalue weighted by Gasteiger charge is 2.04. The molecule has 0 saturated heterocycles. The fourth-order valence-electron chi connectivity index (χ4n) is 1.65. The minimum atomic E-state index is -0.0632. The molecule has 19 heavy (non-hydrogen) atoms. The van der Waals surface area contributed by atoms with Crippen molar-refractivity contribution in [2.45, 2.75) is 6.42 Å². The molecule has 0 bridgehead atoms. The van der Waals surface area contributed by atoms with Crippen LogP contribution in [0.3, 0.4) is 0 Å². The number of amides is 1. The predicted octanol–water partition coefficient (Wildman–Crippen LogP) is 3.34. The number of nitriles is 1. The Labute approximate surface area is 125 Å². The van der Waals surface area contributed by atoms with Gasteiger partial charge < -0.3 is 5.32 Å². The topological polar surface area (TPSA) is 52.9 Å². The Kier molecular flexibility index (Phi) is 4.53. The van der Waals surface area contributed by atoms with E-state index in [2.05, 4.69) is 34.0 Å². The maximum absolute atomic E-state index is 11.9. The maximum atomic E-state index is 11.9. The third-order valence-electron chi connectivity index (χ3n) is 2.56. The summed E-state index contributed by atoms with van der Waals surface area (Å²) in [5.74, 6) is -0.0632. The fraction of sp³-hybridized carbons (Fsp3) is 0.0667. The number of nitrogens with one attached hydrogen (secondary N) is 1. The van der Waals surface area contributed by atoms with Crippen LogP contribution in [0.2, 0.25) is 0 Å². The number of halogens is 1. The van der Waals surface area contributed by atoms with Gasteiger partial charge >= 0.3 is 0 Å². The molecule has 0 heterocycles. The Morgan fingerprint density at radius 3 is 2.58 bits per heavy atom. The number of benzene rings is 2. The van der Waals surface area contributed by atoms with Crippen LogP contribution in [0.15, 0.2) is 48.5 Å². The molecule has 2 rings (SSSR count). The van der Waals surface area contributed by atoms with Gasteiger partial charge in [-0.3, -0.25) is 4.79 Å². The zero-order valence-corrected chi connectivity index (χ0v) is 12.2. The smallest absolute Gasteiger partial charge is 0.228 e. The van der Waals surface area contributed by atoms with Crippen molar-refractivity contribution >= 4 is 34.2 Å². The van der Waals surface area contributed by atoms with E-state index in [-0.39, 0.29) is 5.91 Å². The molecule has 1 N–H and O–H groups in total. The van der Waals surface area contributed by atoms with Crippen LogP contribution in [0.25, 0.3) is 0 Å². The number of nitrogens with zero attached hydrogens (tertiary/aromatic N) is 1. The summed E-state index contributed by atoms with van der Waals surface area (Å²) in [6.07, 6.45) is 0.303. The molecule has 3 nitrogen and oxygen atoms in total. The van der Waals surface area contributed by atoms with E-state index in [0.29, 0.717) is 12.0 Å². The third-order valence-corrected chi connectivity index (χ3v) is 3.23. The van der Waals surface area contributed by atoms with Gasteiger partial charge in [0.25, 0.3) is 0 Å². The highest BCUT2D eigenvalue weighted by atomic mass is 127. The molecule has 0 atom stereocenters. The van der Waals surface area contributed by atoms with Crippen molar-refractivity contribution in [3.63, 3.8) is 0 Å². The van der Waals surface area contributed by atoms with Gasteiger partial charge in [-0.15, -0.1) is 0 Å². The normalized spacial score (nSPS) is 9.68. The van der Waals surface area contributed by atoms with Crippen molar-refractivity contribution < 1.29 is 4.79 Å². The number of carbonyl (C=O) groups is 1. The number of hydrogen-bond donors (Lipinski definition) is 1. The van der Waals surface area contributed by atoms with E-state index in [1.54, 1.807) is 24.3 Å². The monoisotopic (exact) mass is 362 g/mol. The van der Waals surface area contributed by atoms with Gasteiger partial charge in [-0.05, 0) is 58.5 Å². The summed E-state index contributed by atoms with van der Waals surface area (Å²) in [5.41, 5.74) is 2.29. The van der Waals surface area contributed by atoms with Crippen molar-refractivity contribution in [1.82, 2.24) is 0 Å². The van der Waals surface area contributed by atoms with Gasteiger partial charge in [-0.1, -0.05) is 18.2 Å². The summed E-state index contributed by atoms with van der Waals surface area (Å²) in [6.45, 7) is 0. The molecule has 2 aromatic carbocycles. The molecule has 0 aliphatic rings. The number of carbonyl (C=O) groups excluding carboxylic acids is 1. The molecular formula is C15H11IN2O. The van der Waals surface area contributed by atoms with E-state index in [0.717, 1.165) is 14.8 Å². The number of hydrogen-bond acceptors (Lipinski definition) is 2. The minimum Gasteiger partial charge on any atom is -0.326 e. The lowest BCUT2D eigenvalue weighted by molar-refractivity contribution is -0.115. The van der Waals surface area contributed by atoms with E-state index in [1.165, 1.54) is 0 Å². The second-order valence-corrected chi connectivity index (χ2v) is 5.29.